The molecule has 0 aliphatic heterocycles. The molecular formula is C6H6F3N3O3. The van der Waals surface area contributed by atoms with Gasteiger partial charge in [-0.15, -0.1) is 10.1 Å². The van der Waals surface area contributed by atoms with Gasteiger partial charge in [-0.25, -0.2) is 13.2 Å². The Labute approximate surface area is 81.2 Å². The number of nitrogens with one attached hydrogen (secondary N) is 1. The molecule has 0 bridgehead atoms. The van der Waals surface area contributed by atoms with Crippen LogP contribution in [0.15, 0.2) is 12.1 Å². The zero-order chi connectivity index (χ0) is 12.0. The van der Waals surface area contributed by atoms with Crippen LogP contribution in [-0.2, 0) is 0 Å². The Balaban J connectivity index is 0.000000423. The molecule has 0 fully saturated rings. The molecule has 0 aliphatic carbocycles. The maximum Gasteiger partial charge on any atom is 0.291 e. The monoisotopic (exact) mass is 225 g/mol. The highest BCUT2D eigenvalue weighted by Crippen LogP contribution is 2.16. The fourth-order valence-corrected chi connectivity index (χ4v) is 0.633. The summed E-state index contributed by atoms with van der Waals surface area (Å²) in [6.07, 6.45) is 0. The first-order valence-corrected chi connectivity index (χ1v) is 3.33. The number of hydrazine groups is 1. The third-order valence-electron chi connectivity index (χ3n) is 1.17. The normalized spacial score (nSPS) is 8.80. The Morgan fingerprint density at radius 2 is 1.67 bits per heavy atom. The number of nitrogen functional groups attached to an aromatic ring is 1. The zero-order valence-corrected chi connectivity index (χ0v) is 7.08. The molecule has 0 saturated carbocycles. The van der Waals surface area contributed by atoms with Crippen LogP contribution in [0.4, 0.5) is 18.9 Å². The van der Waals surface area contributed by atoms with Crippen LogP contribution in [0.5, 0.6) is 0 Å². The van der Waals surface area contributed by atoms with Crippen LogP contribution in [0.2, 0.25) is 0 Å². The predicted molar refractivity (Wildman–Crippen MR) is 42.9 cm³/mol. The van der Waals surface area contributed by atoms with Crippen LogP contribution in [0.1, 0.15) is 0 Å². The van der Waals surface area contributed by atoms with Crippen molar-refractivity contribution in [3.05, 3.63) is 39.7 Å². The summed E-state index contributed by atoms with van der Waals surface area (Å²) in [5.74, 6) is 1.49. The van der Waals surface area contributed by atoms with Crippen molar-refractivity contribution in [3.63, 3.8) is 0 Å². The van der Waals surface area contributed by atoms with Gasteiger partial charge in [0.1, 0.15) is 0 Å². The largest absolute Gasteiger partial charge is 0.328 e. The van der Waals surface area contributed by atoms with E-state index in [1.54, 1.807) is 0 Å². The number of rotatable bonds is 1. The van der Waals surface area contributed by atoms with Crippen LogP contribution in [0.3, 0.4) is 0 Å². The van der Waals surface area contributed by atoms with Gasteiger partial charge < -0.3 is 10.6 Å². The first-order valence-electron chi connectivity index (χ1n) is 3.33. The van der Waals surface area contributed by atoms with Gasteiger partial charge in [-0.05, 0) is 0 Å². The molecule has 6 nitrogen and oxygen atoms in total. The van der Waals surface area contributed by atoms with Crippen molar-refractivity contribution >= 4 is 5.69 Å². The molecule has 84 valence electrons. The topological polar surface area (TPSA) is 101 Å². The lowest BCUT2D eigenvalue weighted by molar-refractivity contribution is -0.742. The highest BCUT2D eigenvalue weighted by atomic mass is 19.2. The van der Waals surface area contributed by atoms with Crippen molar-refractivity contribution in [2.45, 2.75) is 0 Å². The summed E-state index contributed by atoms with van der Waals surface area (Å²) in [4.78, 5) is 8.36. The van der Waals surface area contributed by atoms with Gasteiger partial charge >= 0.3 is 0 Å². The van der Waals surface area contributed by atoms with Gasteiger partial charge in [0, 0.05) is 12.1 Å². The summed E-state index contributed by atoms with van der Waals surface area (Å²) in [5.41, 5.74) is 1.61. The maximum atomic E-state index is 12.5. The third-order valence-corrected chi connectivity index (χ3v) is 1.17. The lowest BCUT2D eigenvalue weighted by atomic mass is 10.3. The van der Waals surface area contributed by atoms with Gasteiger partial charge in [0.25, 0.3) is 5.09 Å². The van der Waals surface area contributed by atoms with Crippen LogP contribution in [0, 0.1) is 27.6 Å². The molecule has 0 radical (unpaired) electrons. The summed E-state index contributed by atoms with van der Waals surface area (Å²) in [7, 11) is 0. The lowest BCUT2D eigenvalue weighted by Crippen LogP contribution is -2.09. The Morgan fingerprint density at radius 1 is 1.27 bits per heavy atom. The molecule has 0 atom stereocenters. The number of halogens is 3. The van der Waals surface area contributed by atoms with Gasteiger partial charge in [0.15, 0.2) is 17.5 Å². The molecule has 0 aliphatic rings. The van der Waals surface area contributed by atoms with Gasteiger partial charge in [-0.2, -0.15) is 0 Å². The number of nitrogens with two attached hydrogens (primary N) is 1. The van der Waals surface area contributed by atoms with E-state index in [1.165, 1.54) is 0 Å². The number of hydrogen-bond acceptors (Lipinski definition) is 4. The summed E-state index contributed by atoms with van der Waals surface area (Å²) in [5, 5.41) is 13.6. The Morgan fingerprint density at radius 3 is 2.07 bits per heavy atom. The van der Waals surface area contributed by atoms with E-state index < -0.39 is 22.5 Å². The van der Waals surface area contributed by atoms with E-state index in [0.717, 1.165) is 0 Å². The zero-order valence-electron chi connectivity index (χ0n) is 7.08. The van der Waals surface area contributed by atoms with E-state index in [0.29, 0.717) is 12.1 Å². The summed E-state index contributed by atoms with van der Waals surface area (Å²) in [6, 6.07) is 1.06. The van der Waals surface area contributed by atoms with Crippen molar-refractivity contribution in [2.24, 2.45) is 5.84 Å². The van der Waals surface area contributed by atoms with Gasteiger partial charge in [0.2, 0.25) is 0 Å². The Hall–Kier alpha value is -2.03. The van der Waals surface area contributed by atoms with Crippen molar-refractivity contribution in [3.8, 4) is 0 Å². The fraction of sp³-hybridized carbons (Fsp3) is 0. The second kappa shape index (κ2) is 5.65. The fourth-order valence-electron chi connectivity index (χ4n) is 0.633. The Kier molecular flexibility index (Phi) is 4.88. The van der Waals surface area contributed by atoms with Crippen LogP contribution in [-0.4, -0.2) is 10.3 Å². The van der Waals surface area contributed by atoms with E-state index in [-0.39, 0.29) is 5.69 Å². The predicted octanol–water partition coefficient (Wildman–Crippen LogP) is 1.04. The molecule has 1 aromatic carbocycles. The molecule has 1 rings (SSSR count). The summed E-state index contributed by atoms with van der Waals surface area (Å²) < 4.78 is 37.0. The SMILES string of the molecule is NNc1cc(F)c(F)cc1F.O=[N+]([O-])O. The lowest BCUT2D eigenvalue weighted by Gasteiger charge is -2.01. The van der Waals surface area contributed by atoms with Crippen LogP contribution in [0.25, 0.3) is 0 Å². The van der Waals surface area contributed by atoms with E-state index in [9.17, 15) is 13.2 Å². The molecule has 1 aromatic rings. The van der Waals surface area contributed by atoms with E-state index in [2.05, 4.69) is 0 Å². The number of anilines is 1. The quantitative estimate of drug-likeness (QED) is 0.287. The van der Waals surface area contributed by atoms with Crippen molar-refractivity contribution in [2.75, 3.05) is 5.43 Å². The molecule has 4 N–H and O–H groups in total. The molecule has 0 aromatic heterocycles. The molecule has 0 heterocycles. The van der Waals surface area contributed by atoms with Gasteiger partial charge in [0.05, 0.1) is 5.69 Å². The number of nitrogens with zero attached hydrogens (tertiary/aromatic N) is 1. The Bertz CT molecular complexity index is 357. The van der Waals surface area contributed by atoms with Gasteiger partial charge in [-0.1, -0.05) is 0 Å². The average Bonchev–Trinajstić information content (AvgIpc) is 2.10. The summed E-state index contributed by atoms with van der Waals surface area (Å²) >= 11 is 0. The van der Waals surface area contributed by atoms with E-state index in [1.807, 2.05) is 5.43 Å². The highest BCUT2D eigenvalue weighted by molar-refractivity contribution is 5.43. The number of benzene rings is 1. The van der Waals surface area contributed by atoms with Gasteiger partial charge in [-0.3, -0.25) is 5.84 Å². The summed E-state index contributed by atoms with van der Waals surface area (Å²) in [6.45, 7) is 0. The molecule has 0 amide bonds. The first-order chi connectivity index (χ1) is 6.88. The maximum absolute atomic E-state index is 12.5. The molecule has 15 heavy (non-hydrogen) atoms. The molecule has 0 unspecified atom stereocenters. The second-order valence-electron chi connectivity index (χ2n) is 2.13. The third kappa shape index (κ3) is 4.67. The standard InChI is InChI=1S/C6H5F3N2.HNO3/c7-3-1-5(9)6(11-10)2-4(3)8;2-1(3)4/h1-2,11H,10H2;(H,2,3,4). The molecule has 0 spiro atoms. The molecule has 0 saturated heterocycles. The highest BCUT2D eigenvalue weighted by Gasteiger charge is 2.07. The van der Waals surface area contributed by atoms with E-state index in [4.69, 9.17) is 21.2 Å². The van der Waals surface area contributed by atoms with Crippen molar-refractivity contribution in [1.82, 2.24) is 0 Å². The van der Waals surface area contributed by atoms with E-state index >= 15 is 0 Å². The smallest absolute Gasteiger partial charge is 0.291 e. The minimum Gasteiger partial charge on any atom is -0.328 e. The molecular weight excluding hydrogens is 219 g/mol. The first kappa shape index (κ1) is 13.0. The average molecular weight is 225 g/mol. The van der Waals surface area contributed by atoms with Crippen LogP contribution < -0.4 is 11.3 Å². The second-order valence-corrected chi connectivity index (χ2v) is 2.13. The van der Waals surface area contributed by atoms with Crippen molar-refractivity contribution < 1.29 is 23.5 Å². The molecule has 9 heteroatoms. The van der Waals surface area contributed by atoms with Crippen LogP contribution >= 0.6 is 0 Å². The van der Waals surface area contributed by atoms with Crippen molar-refractivity contribution in [1.29, 1.82) is 0 Å². The number of hydrogen-bond donors (Lipinski definition) is 3. The minimum absolute atomic E-state index is 0.274. The minimum atomic E-state index is -1.50.